The number of aromatic nitrogens is 2. The number of aryl methyl sites for hydroxylation is 2. The molecule has 3 nitrogen and oxygen atoms in total. The molecule has 1 aliphatic rings. The first-order valence-electron chi connectivity index (χ1n) is 7.98. The number of carbonyl (C=O) groups excluding carboxylic acids is 1. The summed E-state index contributed by atoms with van der Waals surface area (Å²) in [5.74, 6) is 0.859. The second-order valence-electron chi connectivity index (χ2n) is 6.75. The lowest BCUT2D eigenvalue weighted by molar-refractivity contribution is 0.0973. The molecular formula is C20H20N2O. The molecule has 0 fully saturated rings. The fraction of sp³-hybridized carbons (Fsp3) is 0.300. The maximum Gasteiger partial charge on any atom is 0.265 e. The molecule has 2 aromatic carbocycles. The summed E-state index contributed by atoms with van der Waals surface area (Å²) in [5, 5.41) is 0. The summed E-state index contributed by atoms with van der Waals surface area (Å²) in [7, 11) is 0. The zero-order valence-electron chi connectivity index (χ0n) is 14.5. The quantitative estimate of drug-likeness (QED) is 0.477. The number of nitrogens with zero attached hydrogens (tertiary/aromatic N) is 2. The average Bonchev–Trinajstić information content (AvgIpc) is 2.99. The van der Waals surface area contributed by atoms with Gasteiger partial charge in [-0.25, -0.2) is 4.98 Å². The van der Waals surface area contributed by atoms with Gasteiger partial charge in [0.1, 0.15) is 5.82 Å². The van der Waals surface area contributed by atoms with Crippen molar-refractivity contribution in [1.82, 2.24) is 9.55 Å². The minimum absolute atomic E-state index is 0.0597. The van der Waals surface area contributed by atoms with E-state index < -0.39 is 0 Å². The first kappa shape index (κ1) is 14.2. The second-order valence-corrected chi connectivity index (χ2v) is 6.75. The summed E-state index contributed by atoms with van der Waals surface area (Å²) in [6.07, 6.45) is 0. The maximum absolute atomic E-state index is 13.1. The van der Waals surface area contributed by atoms with Gasteiger partial charge >= 0.3 is 0 Å². The van der Waals surface area contributed by atoms with E-state index in [0.717, 1.165) is 33.5 Å². The van der Waals surface area contributed by atoms with E-state index in [1.165, 1.54) is 27.8 Å². The number of benzene rings is 2. The van der Waals surface area contributed by atoms with Crippen LogP contribution in [-0.4, -0.2) is 15.5 Å². The third-order valence-corrected chi connectivity index (χ3v) is 5.60. The Morgan fingerprint density at radius 3 is 2.00 bits per heavy atom. The lowest BCUT2D eigenvalue weighted by atomic mass is 9.90. The summed E-state index contributed by atoms with van der Waals surface area (Å²) in [6, 6.07) is 4.15. The molecule has 0 amide bonds. The van der Waals surface area contributed by atoms with Gasteiger partial charge in [0.05, 0.1) is 16.6 Å². The van der Waals surface area contributed by atoms with Crippen molar-refractivity contribution in [3.05, 3.63) is 51.1 Å². The molecule has 3 aromatic rings. The van der Waals surface area contributed by atoms with Crippen LogP contribution in [0, 0.1) is 41.5 Å². The highest BCUT2D eigenvalue weighted by Gasteiger charge is 2.34. The summed E-state index contributed by atoms with van der Waals surface area (Å²) in [5.41, 5.74) is 10.7. The van der Waals surface area contributed by atoms with Crippen molar-refractivity contribution < 1.29 is 4.79 Å². The number of rotatable bonds is 0. The van der Waals surface area contributed by atoms with Crippen LogP contribution in [0.3, 0.4) is 0 Å². The largest absolute Gasteiger partial charge is 0.268 e. The summed E-state index contributed by atoms with van der Waals surface area (Å²) in [6.45, 7) is 12.5. The minimum Gasteiger partial charge on any atom is -0.268 e. The van der Waals surface area contributed by atoms with Crippen LogP contribution in [0.15, 0.2) is 12.1 Å². The van der Waals surface area contributed by atoms with Crippen molar-refractivity contribution in [2.24, 2.45) is 0 Å². The second kappa shape index (κ2) is 4.31. The highest BCUT2D eigenvalue weighted by molar-refractivity contribution is 6.14. The Bertz CT molecular complexity index is 1040. The van der Waals surface area contributed by atoms with E-state index in [0.29, 0.717) is 0 Å². The lowest BCUT2D eigenvalue weighted by Crippen LogP contribution is -2.09. The minimum atomic E-state index is 0.0597. The first-order valence-corrected chi connectivity index (χ1v) is 7.98. The van der Waals surface area contributed by atoms with Crippen LogP contribution in [0.4, 0.5) is 0 Å². The predicted octanol–water partition coefficient (Wildman–Crippen LogP) is 4.56. The van der Waals surface area contributed by atoms with Gasteiger partial charge in [-0.1, -0.05) is 0 Å². The Morgan fingerprint density at radius 1 is 0.783 bits per heavy atom. The van der Waals surface area contributed by atoms with Crippen LogP contribution < -0.4 is 0 Å². The summed E-state index contributed by atoms with van der Waals surface area (Å²) in [4.78, 5) is 17.9. The Labute approximate surface area is 136 Å². The fourth-order valence-corrected chi connectivity index (χ4v) is 3.68. The van der Waals surface area contributed by atoms with E-state index in [2.05, 4.69) is 46.8 Å². The molecule has 0 atom stereocenters. The Kier molecular flexibility index (Phi) is 2.66. The van der Waals surface area contributed by atoms with E-state index in [1.54, 1.807) is 4.57 Å². The van der Waals surface area contributed by atoms with Gasteiger partial charge in [0.15, 0.2) is 0 Å². The van der Waals surface area contributed by atoms with Crippen molar-refractivity contribution in [3.63, 3.8) is 0 Å². The maximum atomic E-state index is 13.1. The molecule has 1 aromatic heterocycles. The first-order chi connectivity index (χ1) is 10.8. The van der Waals surface area contributed by atoms with E-state index in [1.807, 2.05) is 6.92 Å². The number of hydrogen-bond acceptors (Lipinski definition) is 2. The number of carbonyl (C=O) groups is 1. The molecule has 116 valence electrons. The molecule has 0 bridgehead atoms. The van der Waals surface area contributed by atoms with E-state index in [9.17, 15) is 4.79 Å². The number of hydrogen-bond donors (Lipinski definition) is 0. The summed E-state index contributed by atoms with van der Waals surface area (Å²) < 4.78 is 1.80. The normalized spacial score (nSPS) is 12.9. The van der Waals surface area contributed by atoms with Crippen molar-refractivity contribution in [2.45, 2.75) is 41.5 Å². The molecule has 0 radical (unpaired) electrons. The molecule has 0 aliphatic carbocycles. The topological polar surface area (TPSA) is 34.9 Å². The van der Waals surface area contributed by atoms with Gasteiger partial charge in [0.25, 0.3) is 5.91 Å². The van der Waals surface area contributed by atoms with Gasteiger partial charge in [0, 0.05) is 5.56 Å². The molecule has 23 heavy (non-hydrogen) atoms. The van der Waals surface area contributed by atoms with Gasteiger partial charge in [-0.05, 0) is 87.1 Å². The Hall–Kier alpha value is -2.42. The zero-order chi connectivity index (χ0) is 16.6. The van der Waals surface area contributed by atoms with E-state index in [-0.39, 0.29) is 5.91 Å². The molecule has 4 rings (SSSR count). The monoisotopic (exact) mass is 304 g/mol. The van der Waals surface area contributed by atoms with Crippen LogP contribution >= 0.6 is 0 Å². The van der Waals surface area contributed by atoms with Crippen molar-refractivity contribution in [1.29, 1.82) is 0 Å². The van der Waals surface area contributed by atoms with Crippen LogP contribution in [0.2, 0.25) is 0 Å². The van der Waals surface area contributed by atoms with Gasteiger partial charge in [-0.3, -0.25) is 9.36 Å². The SMILES string of the molecule is Cc1cc2nc3n(c2cc1C)C(=O)c1c(C)c(C)c(C)c(C)c1-3. The van der Waals surface area contributed by atoms with Crippen LogP contribution in [0.1, 0.15) is 43.7 Å². The van der Waals surface area contributed by atoms with Crippen LogP contribution in [0.25, 0.3) is 22.4 Å². The van der Waals surface area contributed by atoms with Gasteiger partial charge < -0.3 is 0 Å². The highest BCUT2D eigenvalue weighted by Crippen LogP contribution is 2.41. The molecule has 3 heteroatoms. The zero-order valence-corrected chi connectivity index (χ0v) is 14.5. The molecule has 0 N–H and O–H groups in total. The molecule has 0 spiro atoms. The standard InChI is InChI=1S/C20H20N2O/c1-9-7-15-16(8-10(9)2)22-19(21-15)17-13(5)11(3)12(4)14(6)18(17)20(22)23/h7-8H,1-6H3. The number of fused-ring (bicyclic) bond motifs is 5. The number of imidazole rings is 1. The molecule has 1 aliphatic heterocycles. The molecule has 0 unspecified atom stereocenters. The molecule has 0 saturated carbocycles. The Morgan fingerprint density at radius 2 is 1.35 bits per heavy atom. The molecule has 2 heterocycles. The molecule has 0 saturated heterocycles. The van der Waals surface area contributed by atoms with E-state index in [4.69, 9.17) is 4.98 Å². The third-order valence-electron chi connectivity index (χ3n) is 5.60. The third kappa shape index (κ3) is 1.60. The smallest absolute Gasteiger partial charge is 0.265 e. The van der Waals surface area contributed by atoms with E-state index >= 15 is 0 Å². The average molecular weight is 304 g/mol. The van der Waals surface area contributed by atoms with Crippen LogP contribution in [-0.2, 0) is 0 Å². The highest BCUT2D eigenvalue weighted by atomic mass is 16.2. The van der Waals surface area contributed by atoms with Gasteiger partial charge in [0.2, 0.25) is 0 Å². The van der Waals surface area contributed by atoms with Crippen molar-refractivity contribution in [3.8, 4) is 11.4 Å². The Balaban J connectivity index is 2.18. The lowest BCUT2D eigenvalue weighted by Gasteiger charge is -2.13. The fourth-order valence-electron chi connectivity index (χ4n) is 3.68. The molecular weight excluding hydrogens is 284 g/mol. The van der Waals surface area contributed by atoms with Gasteiger partial charge in [-0.2, -0.15) is 0 Å². The predicted molar refractivity (Wildman–Crippen MR) is 93.3 cm³/mol. The van der Waals surface area contributed by atoms with Crippen LogP contribution in [0.5, 0.6) is 0 Å². The van der Waals surface area contributed by atoms with Crippen molar-refractivity contribution in [2.75, 3.05) is 0 Å². The summed E-state index contributed by atoms with van der Waals surface area (Å²) >= 11 is 0. The van der Waals surface area contributed by atoms with Crippen molar-refractivity contribution >= 4 is 16.9 Å². The van der Waals surface area contributed by atoms with Gasteiger partial charge in [-0.15, -0.1) is 0 Å².